The third-order valence-electron chi connectivity index (χ3n) is 3.67. The molecule has 0 unspecified atom stereocenters. The Kier molecular flexibility index (Phi) is 4.12. The Morgan fingerprint density at radius 2 is 2.08 bits per heavy atom. The second-order valence-corrected chi connectivity index (χ2v) is 6.98. The van der Waals surface area contributed by atoms with Crippen LogP contribution in [0, 0.1) is 6.92 Å². The van der Waals surface area contributed by atoms with E-state index in [-0.39, 0.29) is 23.4 Å². The van der Waals surface area contributed by atoms with E-state index in [9.17, 15) is 9.59 Å². The number of hydrogen-bond donors (Lipinski definition) is 2. The van der Waals surface area contributed by atoms with Crippen molar-refractivity contribution >= 4 is 11.6 Å². The first kappa shape index (κ1) is 16.8. The third kappa shape index (κ3) is 3.57. The maximum Gasteiger partial charge on any atom is 0.257 e. The average Bonchev–Trinajstić information content (AvgIpc) is 2.94. The first-order valence-electron chi connectivity index (χ1n) is 7.93. The van der Waals surface area contributed by atoms with Crippen LogP contribution in [0.2, 0.25) is 0 Å². The normalized spacial score (nSPS) is 11.7. The van der Waals surface area contributed by atoms with E-state index < -0.39 is 0 Å². The molecule has 8 heteroatoms. The zero-order valence-electron chi connectivity index (χ0n) is 14.6. The number of nitrogens with zero attached hydrogens (tertiary/aromatic N) is 4. The predicted molar refractivity (Wildman–Crippen MR) is 92.5 cm³/mol. The summed E-state index contributed by atoms with van der Waals surface area (Å²) in [6.45, 7) is 7.93. The van der Waals surface area contributed by atoms with Crippen LogP contribution in [0.25, 0.3) is 5.65 Å². The number of aromatic amines is 1. The molecule has 0 aliphatic heterocycles. The molecule has 0 aliphatic carbocycles. The highest BCUT2D eigenvalue weighted by atomic mass is 16.1. The van der Waals surface area contributed by atoms with Crippen molar-refractivity contribution in [2.75, 3.05) is 0 Å². The van der Waals surface area contributed by atoms with E-state index in [1.807, 2.05) is 27.7 Å². The van der Waals surface area contributed by atoms with Gasteiger partial charge in [-0.05, 0) is 12.5 Å². The van der Waals surface area contributed by atoms with Gasteiger partial charge in [0.05, 0.1) is 18.4 Å². The van der Waals surface area contributed by atoms with Crippen molar-refractivity contribution in [2.45, 2.75) is 39.7 Å². The van der Waals surface area contributed by atoms with Crippen LogP contribution in [0.15, 0.2) is 29.5 Å². The molecule has 0 bridgehead atoms. The maximum atomic E-state index is 12.4. The Bertz CT molecular complexity index is 996. The van der Waals surface area contributed by atoms with E-state index in [0.717, 1.165) is 5.56 Å². The minimum absolute atomic E-state index is 0.148. The summed E-state index contributed by atoms with van der Waals surface area (Å²) >= 11 is 0. The molecule has 3 aromatic heterocycles. The molecule has 0 atom stereocenters. The van der Waals surface area contributed by atoms with E-state index >= 15 is 0 Å². The maximum absolute atomic E-state index is 12.4. The molecule has 8 nitrogen and oxygen atoms in total. The number of hydrogen-bond acceptors (Lipinski definition) is 5. The largest absolute Gasteiger partial charge is 0.346 e. The van der Waals surface area contributed by atoms with Gasteiger partial charge in [0.2, 0.25) is 0 Å². The van der Waals surface area contributed by atoms with Crippen molar-refractivity contribution in [3.05, 3.63) is 57.7 Å². The number of carbonyl (C=O) groups excluding carboxylic acids is 1. The lowest BCUT2D eigenvalue weighted by atomic mass is 9.95. The first-order valence-corrected chi connectivity index (χ1v) is 7.93. The van der Waals surface area contributed by atoms with E-state index in [0.29, 0.717) is 22.7 Å². The molecule has 0 spiro atoms. The number of aromatic nitrogens is 5. The molecule has 2 N–H and O–H groups in total. The summed E-state index contributed by atoms with van der Waals surface area (Å²) in [6.07, 6.45) is 4.96. The zero-order chi connectivity index (χ0) is 18.2. The number of fused-ring (bicyclic) bond motifs is 1. The lowest BCUT2D eigenvalue weighted by Crippen LogP contribution is -2.27. The fraction of sp³-hybridized carbons (Fsp3) is 0.353. The quantitative estimate of drug-likeness (QED) is 0.749. The van der Waals surface area contributed by atoms with Crippen molar-refractivity contribution in [3.63, 3.8) is 0 Å². The summed E-state index contributed by atoms with van der Waals surface area (Å²) in [5, 5.41) is 6.91. The van der Waals surface area contributed by atoms with Crippen LogP contribution in [-0.2, 0) is 12.0 Å². The topological polar surface area (TPSA) is 105 Å². The highest BCUT2D eigenvalue weighted by Crippen LogP contribution is 2.16. The molecule has 3 rings (SSSR count). The molecule has 1 amide bonds. The van der Waals surface area contributed by atoms with Crippen LogP contribution in [0.3, 0.4) is 0 Å². The van der Waals surface area contributed by atoms with Gasteiger partial charge in [0.15, 0.2) is 5.65 Å². The van der Waals surface area contributed by atoms with Crippen LogP contribution < -0.4 is 10.9 Å². The molecule has 0 aliphatic rings. The monoisotopic (exact) mass is 340 g/mol. The molecular formula is C17H20N6O2. The second kappa shape index (κ2) is 6.12. The SMILES string of the molecule is Cc1cnc2c(C(=O)NCc3cc(=O)[nH]c(C(C)(C)C)n3)cnn2c1. The van der Waals surface area contributed by atoms with Gasteiger partial charge in [0, 0.05) is 23.9 Å². The minimum Gasteiger partial charge on any atom is -0.346 e. The fourth-order valence-corrected chi connectivity index (χ4v) is 2.35. The number of nitrogens with one attached hydrogen (secondary N) is 2. The van der Waals surface area contributed by atoms with Crippen LogP contribution in [-0.4, -0.2) is 30.5 Å². The molecule has 0 saturated heterocycles. The van der Waals surface area contributed by atoms with Crippen molar-refractivity contribution in [1.82, 2.24) is 29.9 Å². The Morgan fingerprint density at radius 1 is 1.32 bits per heavy atom. The number of H-pyrrole nitrogens is 1. The molecule has 130 valence electrons. The smallest absolute Gasteiger partial charge is 0.257 e. The Balaban J connectivity index is 1.80. The molecule has 3 heterocycles. The van der Waals surface area contributed by atoms with Crippen molar-refractivity contribution in [1.29, 1.82) is 0 Å². The van der Waals surface area contributed by atoms with Crippen LogP contribution >= 0.6 is 0 Å². The molecule has 25 heavy (non-hydrogen) atoms. The summed E-state index contributed by atoms with van der Waals surface area (Å²) in [7, 11) is 0. The standard InChI is InChI=1S/C17H20N6O2/c1-10-6-18-14-12(8-20-23(14)9-10)15(25)19-7-11-5-13(24)22-16(21-11)17(2,3)4/h5-6,8-9H,7H2,1-4H3,(H,19,25)(H,21,22,24). The van der Waals surface area contributed by atoms with Gasteiger partial charge in [-0.25, -0.2) is 14.5 Å². The van der Waals surface area contributed by atoms with E-state index in [1.165, 1.54) is 12.3 Å². The zero-order valence-corrected chi connectivity index (χ0v) is 14.6. The fourth-order valence-electron chi connectivity index (χ4n) is 2.35. The van der Waals surface area contributed by atoms with Crippen molar-refractivity contribution in [3.8, 4) is 0 Å². The van der Waals surface area contributed by atoms with Crippen LogP contribution in [0.4, 0.5) is 0 Å². The summed E-state index contributed by atoms with van der Waals surface area (Å²) in [5.74, 6) is 0.267. The summed E-state index contributed by atoms with van der Waals surface area (Å²) in [4.78, 5) is 35.6. The summed E-state index contributed by atoms with van der Waals surface area (Å²) < 4.78 is 1.56. The van der Waals surface area contributed by atoms with Crippen LogP contribution in [0.5, 0.6) is 0 Å². The number of carbonyl (C=O) groups is 1. The minimum atomic E-state index is -0.314. The first-order chi connectivity index (χ1) is 11.7. The van der Waals surface area contributed by atoms with Crippen molar-refractivity contribution < 1.29 is 4.79 Å². The highest BCUT2D eigenvalue weighted by Gasteiger charge is 2.18. The Hall–Kier alpha value is -3.03. The van der Waals surface area contributed by atoms with Gasteiger partial charge < -0.3 is 10.3 Å². The molecule has 0 aromatic carbocycles. The van der Waals surface area contributed by atoms with Crippen molar-refractivity contribution in [2.24, 2.45) is 0 Å². The molecule has 0 saturated carbocycles. The lowest BCUT2D eigenvalue weighted by molar-refractivity contribution is 0.0951. The van der Waals surface area contributed by atoms with E-state index in [1.54, 1.807) is 16.9 Å². The Morgan fingerprint density at radius 3 is 2.80 bits per heavy atom. The summed E-state index contributed by atoms with van der Waals surface area (Å²) in [5.41, 5.74) is 1.78. The molecule has 3 aromatic rings. The summed E-state index contributed by atoms with van der Waals surface area (Å²) in [6, 6.07) is 1.38. The predicted octanol–water partition coefficient (Wildman–Crippen LogP) is 1.35. The van der Waals surface area contributed by atoms with Gasteiger partial charge in [0.1, 0.15) is 11.4 Å². The second-order valence-electron chi connectivity index (χ2n) is 6.98. The highest BCUT2D eigenvalue weighted by molar-refractivity contribution is 5.99. The van der Waals surface area contributed by atoms with Gasteiger partial charge in [-0.15, -0.1) is 0 Å². The molecular weight excluding hydrogens is 320 g/mol. The Labute approximate surface area is 144 Å². The van der Waals surface area contributed by atoms with Gasteiger partial charge in [0.25, 0.3) is 11.5 Å². The average molecular weight is 340 g/mol. The van der Waals surface area contributed by atoms with Gasteiger partial charge >= 0.3 is 0 Å². The van der Waals surface area contributed by atoms with Gasteiger partial charge in [-0.1, -0.05) is 20.8 Å². The van der Waals surface area contributed by atoms with E-state index in [2.05, 4.69) is 25.4 Å². The number of rotatable bonds is 3. The number of amides is 1. The van der Waals surface area contributed by atoms with Gasteiger partial charge in [-0.2, -0.15) is 5.10 Å². The number of aryl methyl sites for hydroxylation is 1. The van der Waals surface area contributed by atoms with Crippen LogP contribution in [0.1, 0.15) is 48.2 Å². The van der Waals surface area contributed by atoms with E-state index in [4.69, 9.17) is 0 Å². The third-order valence-corrected chi connectivity index (χ3v) is 3.67. The molecule has 0 fully saturated rings. The lowest BCUT2D eigenvalue weighted by Gasteiger charge is -2.17. The van der Waals surface area contributed by atoms with Gasteiger partial charge in [-0.3, -0.25) is 9.59 Å². The molecule has 0 radical (unpaired) electrons.